The van der Waals surface area contributed by atoms with E-state index in [2.05, 4.69) is 72.3 Å². The van der Waals surface area contributed by atoms with Crippen LogP contribution in [0.3, 0.4) is 0 Å². The monoisotopic (exact) mass is 279 g/mol. The van der Waals surface area contributed by atoms with Crippen molar-refractivity contribution in [2.24, 2.45) is 10.7 Å². The Morgan fingerprint density at radius 2 is 1.76 bits per heavy atom. The second kappa shape index (κ2) is 5.24. The quantitative estimate of drug-likeness (QED) is 0.938. The Kier molecular flexibility index (Phi) is 3.42. The molecule has 0 radical (unpaired) electrons. The molecule has 1 atom stereocenters. The maximum absolute atomic E-state index is 6.19. The molecule has 2 aromatic carbocycles. The molecule has 0 bridgehead atoms. The Hall–Kier alpha value is -2.29. The van der Waals surface area contributed by atoms with Gasteiger partial charge in [0, 0.05) is 5.69 Å². The lowest BCUT2D eigenvalue weighted by Gasteiger charge is -2.37. The molecule has 0 amide bonds. The minimum absolute atomic E-state index is 0.114. The maximum Gasteiger partial charge on any atom is 0.196 e. The molecule has 0 aromatic heterocycles. The van der Waals surface area contributed by atoms with E-state index in [0.29, 0.717) is 5.96 Å². The lowest BCUT2D eigenvalue weighted by Crippen LogP contribution is -2.51. The molecule has 3 heteroatoms. The SMILES string of the molecule is Cc1ccccc1N1C(N)=NCC1(C)Cc1ccccc1. The molecule has 21 heavy (non-hydrogen) atoms. The van der Waals surface area contributed by atoms with Crippen molar-refractivity contribution in [2.45, 2.75) is 25.8 Å². The van der Waals surface area contributed by atoms with Crippen molar-refractivity contribution in [3.05, 3.63) is 65.7 Å². The van der Waals surface area contributed by atoms with Gasteiger partial charge in [0.2, 0.25) is 0 Å². The number of hydrogen-bond acceptors (Lipinski definition) is 3. The second-order valence-electron chi connectivity index (χ2n) is 5.96. The molecule has 3 nitrogen and oxygen atoms in total. The summed E-state index contributed by atoms with van der Waals surface area (Å²) < 4.78 is 0. The Morgan fingerprint density at radius 3 is 2.48 bits per heavy atom. The van der Waals surface area contributed by atoms with Gasteiger partial charge in [-0.3, -0.25) is 4.99 Å². The van der Waals surface area contributed by atoms with Crippen LogP contribution in [0.1, 0.15) is 18.1 Å². The predicted molar refractivity (Wildman–Crippen MR) is 88.7 cm³/mol. The number of guanidine groups is 1. The highest BCUT2D eigenvalue weighted by Gasteiger charge is 2.39. The van der Waals surface area contributed by atoms with Crippen molar-refractivity contribution in [2.75, 3.05) is 11.4 Å². The van der Waals surface area contributed by atoms with Crippen LogP contribution in [0.4, 0.5) is 5.69 Å². The summed E-state index contributed by atoms with van der Waals surface area (Å²) in [5.74, 6) is 0.614. The number of rotatable bonds is 3. The van der Waals surface area contributed by atoms with Crippen molar-refractivity contribution in [1.29, 1.82) is 0 Å². The first kappa shape index (κ1) is 13.7. The largest absolute Gasteiger partial charge is 0.369 e. The van der Waals surface area contributed by atoms with Gasteiger partial charge in [0.15, 0.2) is 5.96 Å². The number of hydrogen-bond donors (Lipinski definition) is 1. The number of nitrogens with two attached hydrogens (primary N) is 1. The zero-order valence-corrected chi connectivity index (χ0v) is 12.6. The average Bonchev–Trinajstić information content (AvgIpc) is 2.76. The smallest absolute Gasteiger partial charge is 0.196 e. The summed E-state index contributed by atoms with van der Waals surface area (Å²) in [5.41, 5.74) is 9.75. The summed E-state index contributed by atoms with van der Waals surface area (Å²) in [5, 5.41) is 0. The molecule has 1 aliphatic rings. The van der Waals surface area contributed by atoms with Crippen LogP contribution in [0, 0.1) is 6.92 Å². The van der Waals surface area contributed by atoms with Gasteiger partial charge in [-0.1, -0.05) is 48.5 Å². The minimum Gasteiger partial charge on any atom is -0.369 e. The van der Waals surface area contributed by atoms with Gasteiger partial charge < -0.3 is 10.6 Å². The highest BCUT2D eigenvalue weighted by molar-refractivity contribution is 5.98. The Morgan fingerprint density at radius 1 is 1.10 bits per heavy atom. The number of nitrogens with zero attached hydrogens (tertiary/aromatic N) is 2. The molecule has 3 rings (SSSR count). The third-order valence-corrected chi connectivity index (χ3v) is 4.13. The van der Waals surface area contributed by atoms with Gasteiger partial charge in [-0.25, -0.2) is 0 Å². The van der Waals surface area contributed by atoms with Crippen molar-refractivity contribution in [3.8, 4) is 0 Å². The standard InChI is InChI=1S/C18H21N3/c1-14-8-6-7-11-16(14)21-17(19)20-13-18(21,2)12-15-9-4-3-5-10-15/h3-11H,12-13H2,1-2H3,(H2,19,20). The Balaban J connectivity index is 1.97. The molecule has 1 unspecified atom stereocenters. The van der Waals surface area contributed by atoms with Crippen molar-refractivity contribution in [1.82, 2.24) is 0 Å². The fourth-order valence-corrected chi connectivity index (χ4v) is 3.07. The van der Waals surface area contributed by atoms with Crippen LogP contribution in [0.25, 0.3) is 0 Å². The lowest BCUT2D eigenvalue weighted by atomic mass is 9.91. The van der Waals surface area contributed by atoms with E-state index in [1.807, 2.05) is 6.07 Å². The van der Waals surface area contributed by atoms with Crippen molar-refractivity contribution < 1.29 is 0 Å². The molecule has 0 saturated carbocycles. The highest BCUT2D eigenvalue weighted by atomic mass is 15.4. The molecule has 2 N–H and O–H groups in total. The van der Waals surface area contributed by atoms with Gasteiger partial charge in [-0.2, -0.15) is 0 Å². The number of benzene rings is 2. The van der Waals surface area contributed by atoms with Gasteiger partial charge >= 0.3 is 0 Å². The fourth-order valence-electron chi connectivity index (χ4n) is 3.07. The Labute approximate surface area is 126 Å². The van der Waals surface area contributed by atoms with E-state index in [-0.39, 0.29) is 5.54 Å². The van der Waals surface area contributed by atoms with Crippen LogP contribution in [0.2, 0.25) is 0 Å². The summed E-state index contributed by atoms with van der Waals surface area (Å²) in [6, 6.07) is 18.9. The van der Waals surface area contributed by atoms with Gasteiger partial charge in [0.1, 0.15) is 0 Å². The fraction of sp³-hybridized carbons (Fsp3) is 0.278. The van der Waals surface area contributed by atoms with E-state index in [1.54, 1.807) is 0 Å². The molecule has 0 aliphatic carbocycles. The molecule has 1 aliphatic heterocycles. The first-order valence-electron chi connectivity index (χ1n) is 7.30. The summed E-state index contributed by atoms with van der Waals surface area (Å²) in [6.07, 6.45) is 0.923. The summed E-state index contributed by atoms with van der Waals surface area (Å²) in [6.45, 7) is 5.07. The van der Waals surface area contributed by atoms with Gasteiger partial charge in [-0.05, 0) is 37.5 Å². The number of anilines is 1. The highest BCUT2D eigenvalue weighted by Crippen LogP contribution is 2.33. The topological polar surface area (TPSA) is 41.6 Å². The van der Waals surface area contributed by atoms with Crippen LogP contribution in [-0.4, -0.2) is 18.0 Å². The van der Waals surface area contributed by atoms with E-state index in [9.17, 15) is 0 Å². The zero-order valence-electron chi connectivity index (χ0n) is 12.6. The van der Waals surface area contributed by atoms with Gasteiger partial charge in [0.05, 0.1) is 12.1 Å². The molecule has 0 spiro atoms. The lowest BCUT2D eigenvalue weighted by molar-refractivity contribution is 0.499. The van der Waals surface area contributed by atoms with Gasteiger partial charge in [0.25, 0.3) is 0 Å². The van der Waals surface area contributed by atoms with Crippen LogP contribution >= 0.6 is 0 Å². The number of aliphatic imine (C=N–C) groups is 1. The third kappa shape index (κ3) is 2.51. The maximum atomic E-state index is 6.19. The predicted octanol–water partition coefficient (Wildman–Crippen LogP) is 3.13. The van der Waals surface area contributed by atoms with E-state index < -0.39 is 0 Å². The molecular formula is C18H21N3. The molecule has 0 fully saturated rings. The van der Waals surface area contributed by atoms with Gasteiger partial charge in [-0.15, -0.1) is 0 Å². The van der Waals surface area contributed by atoms with E-state index >= 15 is 0 Å². The van der Waals surface area contributed by atoms with Crippen LogP contribution in [-0.2, 0) is 6.42 Å². The van der Waals surface area contributed by atoms with E-state index in [0.717, 1.165) is 18.7 Å². The van der Waals surface area contributed by atoms with Crippen LogP contribution in [0.15, 0.2) is 59.6 Å². The number of para-hydroxylation sites is 1. The Bertz CT molecular complexity index is 663. The summed E-state index contributed by atoms with van der Waals surface area (Å²) >= 11 is 0. The minimum atomic E-state index is -0.114. The first-order valence-corrected chi connectivity index (χ1v) is 7.30. The number of aryl methyl sites for hydroxylation is 1. The molecule has 1 heterocycles. The first-order chi connectivity index (χ1) is 10.1. The van der Waals surface area contributed by atoms with Crippen molar-refractivity contribution >= 4 is 11.6 Å². The molecule has 0 saturated heterocycles. The van der Waals surface area contributed by atoms with Crippen LogP contribution < -0.4 is 10.6 Å². The molecule has 2 aromatic rings. The second-order valence-corrected chi connectivity index (χ2v) is 5.96. The third-order valence-electron chi connectivity index (χ3n) is 4.13. The van der Waals surface area contributed by atoms with E-state index in [1.165, 1.54) is 11.1 Å². The van der Waals surface area contributed by atoms with Crippen LogP contribution in [0.5, 0.6) is 0 Å². The normalized spacial score (nSPS) is 21.4. The molecular weight excluding hydrogens is 258 g/mol. The average molecular weight is 279 g/mol. The van der Waals surface area contributed by atoms with E-state index in [4.69, 9.17) is 5.73 Å². The molecule has 108 valence electrons. The van der Waals surface area contributed by atoms with Crippen molar-refractivity contribution in [3.63, 3.8) is 0 Å². The summed E-state index contributed by atoms with van der Waals surface area (Å²) in [4.78, 5) is 6.69. The summed E-state index contributed by atoms with van der Waals surface area (Å²) in [7, 11) is 0. The zero-order chi connectivity index (χ0) is 14.9.